The van der Waals surface area contributed by atoms with Crippen molar-refractivity contribution in [2.24, 2.45) is 22.7 Å². The third-order valence-electron chi connectivity index (χ3n) is 5.85. The van der Waals surface area contributed by atoms with Crippen molar-refractivity contribution in [1.82, 2.24) is 4.90 Å². The van der Waals surface area contributed by atoms with Crippen LogP contribution in [-0.4, -0.2) is 56.6 Å². The predicted molar refractivity (Wildman–Crippen MR) is 124 cm³/mol. The van der Waals surface area contributed by atoms with Gasteiger partial charge in [-0.15, -0.1) is 0 Å². The minimum Gasteiger partial charge on any atom is -0.870 e. The number of amides is 2. The van der Waals surface area contributed by atoms with Gasteiger partial charge in [0.1, 0.15) is 6.61 Å². The van der Waals surface area contributed by atoms with Crippen LogP contribution in [0, 0.1) is 22.7 Å². The summed E-state index contributed by atoms with van der Waals surface area (Å²) in [5.74, 6) is -1.37. The van der Waals surface area contributed by atoms with Crippen LogP contribution in [0.3, 0.4) is 0 Å². The third kappa shape index (κ3) is 11.5. The van der Waals surface area contributed by atoms with Gasteiger partial charge in [-0.25, -0.2) is 9.69 Å². The number of aliphatic carboxylic acids is 1. The van der Waals surface area contributed by atoms with E-state index in [0.29, 0.717) is 6.42 Å². The molecule has 10 heteroatoms. The van der Waals surface area contributed by atoms with Gasteiger partial charge in [0, 0.05) is 5.92 Å². The maximum Gasteiger partial charge on any atom is 1.00 e. The van der Waals surface area contributed by atoms with Crippen molar-refractivity contribution in [3.63, 3.8) is 0 Å². The molecule has 9 nitrogen and oxygen atoms in total. The zero-order chi connectivity index (χ0) is 25.3. The number of carbonyl (C=O) groups is 3. The molecule has 2 rings (SSSR count). The zero-order valence-corrected chi connectivity index (χ0v) is 21.9. The number of ether oxygens (including phenoxy) is 1. The Hall–Kier alpha value is -1.89. The van der Waals surface area contributed by atoms with Gasteiger partial charge in [-0.05, 0) is 22.8 Å². The molecule has 0 aromatic heterocycles. The first-order chi connectivity index (χ1) is 14.7. The van der Waals surface area contributed by atoms with Crippen LogP contribution in [-0.2, 0) is 20.7 Å². The molecule has 1 aromatic carbocycles. The summed E-state index contributed by atoms with van der Waals surface area (Å²) in [4.78, 5) is 36.2. The largest absolute Gasteiger partial charge is 1.00 e. The molecule has 1 heterocycles. The molecule has 1 fully saturated rings. The second kappa shape index (κ2) is 15.9. The summed E-state index contributed by atoms with van der Waals surface area (Å²) in [6.45, 7) is 15.6. The number of benzene rings is 1. The molecule has 0 unspecified atom stereocenters. The molecule has 3 atom stereocenters. The maximum absolute atomic E-state index is 12.6. The van der Waals surface area contributed by atoms with Crippen molar-refractivity contribution in [3.8, 4) is 0 Å². The summed E-state index contributed by atoms with van der Waals surface area (Å²) >= 11 is 0. The van der Waals surface area contributed by atoms with E-state index in [0.717, 1.165) is 5.56 Å². The first-order valence-electron chi connectivity index (χ1n) is 10.6. The number of carboxylic acid groups (broad SMARTS) is 1. The number of nitrogens with zero attached hydrogens (tertiary/aromatic N) is 1. The predicted octanol–water partition coefficient (Wildman–Crippen LogP) is 1.86. The Labute approximate surface area is 214 Å². The summed E-state index contributed by atoms with van der Waals surface area (Å²) in [7, 11) is 0. The van der Waals surface area contributed by atoms with Crippen molar-refractivity contribution >= 4 is 18.0 Å². The smallest absolute Gasteiger partial charge is 0.870 e. The summed E-state index contributed by atoms with van der Waals surface area (Å²) in [6, 6.07) is 9.65. The van der Waals surface area contributed by atoms with Crippen LogP contribution in [0.4, 0.5) is 4.79 Å². The molecule has 1 saturated heterocycles. The Morgan fingerprint density at radius 2 is 1.44 bits per heavy atom. The molecule has 0 radical (unpaired) electrons. The van der Waals surface area contributed by atoms with E-state index in [2.05, 4.69) is 0 Å². The van der Waals surface area contributed by atoms with Gasteiger partial charge in [-0.3, -0.25) is 20.1 Å². The average molecular weight is 478 g/mol. The summed E-state index contributed by atoms with van der Waals surface area (Å²) in [5.41, 5.74) is 0.797. The van der Waals surface area contributed by atoms with Crippen molar-refractivity contribution in [2.45, 2.75) is 67.9 Å². The van der Waals surface area contributed by atoms with Gasteiger partial charge in [-0.2, -0.15) is 0 Å². The second-order valence-corrected chi connectivity index (χ2v) is 10.1. The fraction of sp³-hybridized carbons (Fsp3) is 0.625. The zero-order valence-electron chi connectivity index (χ0n) is 21.9. The quantitative estimate of drug-likeness (QED) is 0.337. The van der Waals surface area contributed by atoms with E-state index in [-0.39, 0.29) is 65.6 Å². The van der Waals surface area contributed by atoms with Crippen LogP contribution in [0.25, 0.3) is 0 Å². The first-order valence-corrected chi connectivity index (χ1v) is 10.6. The van der Waals surface area contributed by atoms with Crippen LogP contribution in [0.2, 0.25) is 0 Å². The molecular weight excluding hydrogens is 437 g/mol. The molecule has 0 saturated carbocycles. The maximum atomic E-state index is 12.6. The van der Waals surface area contributed by atoms with E-state index < -0.39 is 12.1 Å². The molecule has 0 spiro atoms. The SMILES string of the molecule is C[C@H](C(=O)N1C(=O)OC[C@@H]1Cc1ccccc1)C(C)(C)C.C[C@H](C(=O)O)C(C)(C)C.OO.[Li+].[OH-]. The van der Waals surface area contributed by atoms with E-state index in [1.54, 1.807) is 6.92 Å². The van der Waals surface area contributed by atoms with E-state index in [1.807, 2.05) is 78.8 Å². The minimum atomic E-state index is -0.720. The molecule has 190 valence electrons. The molecule has 1 aliphatic rings. The van der Waals surface area contributed by atoms with Gasteiger partial charge in [0.15, 0.2) is 0 Å². The number of cyclic esters (lactones) is 1. The van der Waals surface area contributed by atoms with Gasteiger partial charge in [0.05, 0.1) is 12.0 Å². The Balaban J connectivity index is -0.000000634. The van der Waals surface area contributed by atoms with Gasteiger partial charge in [0.25, 0.3) is 0 Å². The van der Waals surface area contributed by atoms with Gasteiger partial charge < -0.3 is 15.3 Å². The Morgan fingerprint density at radius 3 is 1.79 bits per heavy atom. The van der Waals surface area contributed by atoms with Crippen LogP contribution >= 0.6 is 0 Å². The van der Waals surface area contributed by atoms with Crippen molar-refractivity contribution < 1.29 is 59.1 Å². The summed E-state index contributed by atoms with van der Waals surface area (Å²) in [5, 5.41) is 20.5. The Morgan fingerprint density at radius 1 is 1.00 bits per heavy atom. The molecule has 4 N–H and O–H groups in total. The fourth-order valence-electron chi connectivity index (χ4n) is 2.72. The number of rotatable bonds is 4. The summed E-state index contributed by atoms with van der Waals surface area (Å²) < 4.78 is 5.10. The van der Waals surface area contributed by atoms with Crippen molar-refractivity contribution in [3.05, 3.63) is 35.9 Å². The summed E-state index contributed by atoms with van der Waals surface area (Å²) in [6.07, 6.45) is 0.117. The van der Waals surface area contributed by atoms with E-state index in [1.165, 1.54) is 4.90 Å². The number of hydrogen-bond acceptors (Lipinski definition) is 7. The van der Waals surface area contributed by atoms with Crippen molar-refractivity contribution in [1.29, 1.82) is 0 Å². The van der Waals surface area contributed by atoms with Gasteiger partial charge in [-0.1, -0.05) is 85.7 Å². The van der Waals surface area contributed by atoms with Crippen LogP contribution < -0.4 is 18.9 Å². The number of hydrogen-bond donors (Lipinski definition) is 3. The molecule has 0 bridgehead atoms. The second-order valence-electron chi connectivity index (χ2n) is 10.1. The van der Waals surface area contributed by atoms with Crippen LogP contribution in [0.15, 0.2) is 30.3 Å². The van der Waals surface area contributed by atoms with E-state index >= 15 is 0 Å². The molecule has 2 amide bonds. The molecule has 0 aliphatic carbocycles. The molecule has 1 aromatic rings. The molecule has 34 heavy (non-hydrogen) atoms. The third-order valence-corrected chi connectivity index (χ3v) is 5.85. The van der Waals surface area contributed by atoms with Crippen LogP contribution in [0.1, 0.15) is 61.0 Å². The minimum absolute atomic E-state index is 0. The normalized spacial score (nSPS) is 16.7. The average Bonchev–Trinajstić information content (AvgIpc) is 3.07. The standard InChI is InChI=1S/C17H23NO3.C7H14O2.Li.H2O2.H2O/c1-12(17(2,3)4)15(19)18-14(11-21-16(18)20)10-13-8-6-5-7-9-13;1-5(6(8)9)7(2,3)4;;1-2;/h5-9,12,14H,10-11H2,1-4H3;5H,1-4H3,(H,8,9);;1-2H;1H2/q;;+1;;/p-1/t12-,14+;5-;;;/m11.../s1. The van der Waals surface area contributed by atoms with Gasteiger partial charge >= 0.3 is 30.9 Å². The number of carboxylic acids is 1. The number of carbonyl (C=O) groups excluding carboxylic acids is 2. The van der Waals surface area contributed by atoms with E-state index in [4.69, 9.17) is 20.4 Å². The monoisotopic (exact) mass is 477 g/mol. The van der Waals surface area contributed by atoms with E-state index in [9.17, 15) is 14.4 Å². The fourth-order valence-corrected chi connectivity index (χ4v) is 2.72. The Kier molecular flexibility index (Phi) is 17.2. The van der Waals surface area contributed by atoms with Crippen molar-refractivity contribution in [2.75, 3.05) is 6.61 Å². The first kappa shape index (κ1) is 36.7. The van der Waals surface area contributed by atoms with Gasteiger partial charge in [0.2, 0.25) is 5.91 Å². The molecular formula is C24H40LiNO8. The molecule has 1 aliphatic heterocycles. The van der Waals surface area contributed by atoms with Crippen LogP contribution in [0.5, 0.6) is 0 Å². The number of imide groups is 1. The Bertz CT molecular complexity index is 744. The topological polar surface area (TPSA) is 154 Å².